The molecular weight excluding hydrogens is 639 g/mol. The van der Waals surface area contributed by atoms with Crippen molar-refractivity contribution in [1.82, 2.24) is 0 Å². The van der Waals surface area contributed by atoms with Gasteiger partial charge in [0.1, 0.15) is 11.2 Å². The maximum atomic E-state index is 6.78. The van der Waals surface area contributed by atoms with Gasteiger partial charge in [0.15, 0.2) is 0 Å². The van der Waals surface area contributed by atoms with Crippen LogP contribution >= 0.6 is 11.3 Å². The van der Waals surface area contributed by atoms with Gasteiger partial charge < -0.3 is 9.32 Å². The summed E-state index contributed by atoms with van der Waals surface area (Å²) < 4.78 is 9.25. The third-order valence-electron chi connectivity index (χ3n) is 10.4. The first-order valence-corrected chi connectivity index (χ1v) is 18.2. The summed E-state index contributed by atoms with van der Waals surface area (Å²) in [6.07, 6.45) is 0. The van der Waals surface area contributed by atoms with Crippen molar-refractivity contribution in [3.05, 3.63) is 176 Å². The molecule has 0 fully saturated rings. The van der Waals surface area contributed by atoms with E-state index in [9.17, 15) is 0 Å². The number of nitrogens with zero attached hydrogens (tertiary/aromatic N) is 1. The predicted octanol–water partition coefficient (Wildman–Crippen LogP) is 14.6. The molecule has 238 valence electrons. The second kappa shape index (κ2) is 11.0. The first kappa shape index (κ1) is 28.4. The van der Waals surface area contributed by atoms with Crippen molar-refractivity contribution in [2.24, 2.45) is 0 Å². The molecule has 2 nitrogen and oxygen atoms in total. The predicted molar refractivity (Wildman–Crippen MR) is 219 cm³/mol. The van der Waals surface area contributed by atoms with Crippen LogP contribution in [-0.2, 0) is 0 Å². The number of fused-ring (bicyclic) bond motifs is 11. The summed E-state index contributed by atoms with van der Waals surface area (Å²) in [5.74, 6) is 0. The molecular formula is C48H29NOS. The number of thiophene rings is 1. The zero-order chi connectivity index (χ0) is 33.5. The van der Waals surface area contributed by atoms with Crippen LogP contribution in [0.4, 0.5) is 17.1 Å². The SMILES string of the molecule is c1ccc2c(-c3ccc(N(c4ccc5c(c4)sc4ccc6c7ccc8ccccc8c7oc6c45)c4cccc5ccccc45)cc3)cccc2c1. The standard InChI is InChI=1S/C48H29NOS/c1-4-14-36-30(9-1)12-7-17-37(36)33-19-22-34(23-20-33)49(43-18-8-13-31-10-2-5-15-38(31)43)35-24-26-42-45(29-35)51-44-28-27-41-40-25-21-32-11-3-6-16-39(32)47(40)50-48(41)46(42)44/h1-29H. The number of hydrogen-bond acceptors (Lipinski definition) is 3. The van der Waals surface area contributed by atoms with Gasteiger partial charge in [-0.25, -0.2) is 0 Å². The summed E-state index contributed by atoms with van der Waals surface area (Å²) in [7, 11) is 0. The number of benzene rings is 9. The average Bonchev–Trinajstić information content (AvgIpc) is 3.76. The maximum Gasteiger partial charge on any atom is 0.144 e. The molecule has 0 spiro atoms. The molecule has 0 amide bonds. The van der Waals surface area contributed by atoms with Crippen molar-refractivity contribution < 1.29 is 4.42 Å². The number of anilines is 3. The maximum absolute atomic E-state index is 6.78. The van der Waals surface area contributed by atoms with Gasteiger partial charge in [-0.2, -0.15) is 0 Å². The van der Waals surface area contributed by atoms with E-state index in [1.165, 1.54) is 58.2 Å². The third-order valence-corrected chi connectivity index (χ3v) is 11.6. The summed E-state index contributed by atoms with van der Waals surface area (Å²) in [6, 6.07) is 63.7. The fourth-order valence-electron chi connectivity index (χ4n) is 8.05. The summed E-state index contributed by atoms with van der Waals surface area (Å²) in [6.45, 7) is 0. The molecule has 0 aliphatic heterocycles. The summed E-state index contributed by atoms with van der Waals surface area (Å²) in [4.78, 5) is 2.40. The molecule has 0 unspecified atom stereocenters. The van der Waals surface area contributed by atoms with Crippen molar-refractivity contribution in [2.75, 3.05) is 4.90 Å². The molecule has 0 bridgehead atoms. The Morgan fingerprint density at radius 2 is 1.00 bits per heavy atom. The molecule has 2 heterocycles. The minimum absolute atomic E-state index is 0.959. The van der Waals surface area contributed by atoms with Gasteiger partial charge in [-0.15, -0.1) is 11.3 Å². The highest BCUT2D eigenvalue weighted by molar-refractivity contribution is 7.26. The lowest BCUT2D eigenvalue weighted by Gasteiger charge is -2.27. The van der Waals surface area contributed by atoms with Crippen molar-refractivity contribution in [3.8, 4) is 11.1 Å². The second-order valence-corrected chi connectivity index (χ2v) is 14.4. The van der Waals surface area contributed by atoms with Crippen molar-refractivity contribution in [3.63, 3.8) is 0 Å². The Hall–Kier alpha value is -6.42. The second-order valence-electron chi connectivity index (χ2n) is 13.3. The van der Waals surface area contributed by atoms with Crippen LogP contribution in [-0.4, -0.2) is 0 Å². The van der Waals surface area contributed by atoms with Crippen LogP contribution in [0, 0.1) is 0 Å². The molecule has 0 radical (unpaired) electrons. The molecule has 2 aromatic heterocycles. The average molecular weight is 668 g/mol. The minimum Gasteiger partial charge on any atom is -0.455 e. The summed E-state index contributed by atoms with van der Waals surface area (Å²) in [5, 5.41) is 12.0. The Morgan fingerprint density at radius 3 is 1.82 bits per heavy atom. The summed E-state index contributed by atoms with van der Waals surface area (Å²) >= 11 is 1.83. The third kappa shape index (κ3) is 4.35. The van der Waals surface area contributed by atoms with Gasteiger partial charge in [0.05, 0.1) is 5.69 Å². The molecule has 9 aromatic carbocycles. The van der Waals surface area contributed by atoms with Crippen LogP contribution < -0.4 is 4.90 Å². The molecule has 0 saturated carbocycles. The van der Waals surface area contributed by atoms with Crippen LogP contribution in [0.25, 0.3) is 85.6 Å². The molecule has 0 atom stereocenters. The lowest BCUT2D eigenvalue weighted by atomic mass is 9.98. The van der Waals surface area contributed by atoms with E-state index in [4.69, 9.17) is 4.42 Å². The topological polar surface area (TPSA) is 16.4 Å². The van der Waals surface area contributed by atoms with Gasteiger partial charge in [0.25, 0.3) is 0 Å². The molecule has 51 heavy (non-hydrogen) atoms. The number of furan rings is 1. The van der Waals surface area contributed by atoms with E-state index in [-0.39, 0.29) is 0 Å². The Morgan fingerprint density at radius 1 is 0.392 bits per heavy atom. The molecule has 0 saturated heterocycles. The van der Waals surface area contributed by atoms with Crippen molar-refractivity contribution >= 4 is 103 Å². The normalized spacial score (nSPS) is 11.9. The van der Waals surface area contributed by atoms with E-state index in [1.807, 2.05) is 11.3 Å². The monoisotopic (exact) mass is 667 g/mol. The van der Waals surface area contributed by atoms with Gasteiger partial charge in [-0.1, -0.05) is 127 Å². The summed E-state index contributed by atoms with van der Waals surface area (Å²) in [5.41, 5.74) is 7.76. The van der Waals surface area contributed by atoms with Crippen LogP contribution in [0.2, 0.25) is 0 Å². The fraction of sp³-hybridized carbons (Fsp3) is 0. The molecule has 0 aliphatic carbocycles. The van der Waals surface area contributed by atoms with E-state index >= 15 is 0 Å². The first-order chi connectivity index (χ1) is 25.3. The van der Waals surface area contributed by atoms with Crippen LogP contribution in [0.15, 0.2) is 180 Å². The lowest BCUT2D eigenvalue weighted by Crippen LogP contribution is -2.10. The van der Waals surface area contributed by atoms with Crippen LogP contribution in [0.1, 0.15) is 0 Å². The molecule has 11 aromatic rings. The smallest absolute Gasteiger partial charge is 0.144 e. The van der Waals surface area contributed by atoms with E-state index in [0.29, 0.717) is 0 Å². The van der Waals surface area contributed by atoms with Crippen molar-refractivity contribution in [1.29, 1.82) is 0 Å². The van der Waals surface area contributed by atoms with Gasteiger partial charge in [0.2, 0.25) is 0 Å². The number of rotatable bonds is 4. The molecule has 0 N–H and O–H groups in total. The zero-order valence-corrected chi connectivity index (χ0v) is 28.3. The van der Waals surface area contributed by atoms with Gasteiger partial charge in [0, 0.05) is 53.1 Å². The highest BCUT2D eigenvalue weighted by atomic mass is 32.1. The zero-order valence-electron chi connectivity index (χ0n) is 27.5. The number of hydrogen-bond donors (Lipinski definition) is 0. The molecule has 3 heteroatoms. The highest BCUT2D eigenvalue weighted by Gasteiger charge is 2.20. The van der Waals surface area contributed by atoms with Gasteiger partial charge in [-0.05, 0) is 81.2 Å². The van der Waals surface area contributed by atoms with Crippen LogP contribution in [0.5, 0.6) is 0 Å². The van der Waals surface area contributed by atoms with Crippen LogP contribution in [0.3, 0.4) is 0 Å². The van der Waals surface area contributed by atoms with E-state index in [0.717, 1.165) is 44.4 Å². The first-order valence-electron chi connectivity index (χ1n) is 17.3. The Labute approximate surface area is 298 Å². The van der Waals surface area contributed by atoms with E-state index in [2.05, 4.69) is 181 Å². The van der Waals surface area contributed by atoms with Gasteiger partial charge in [-0.3, -0.25) is 0 Å². The quantitative estimate of drug-likeness (QED) is 0.186. The Balaban J connectivity index is 1.10. The molecule has 0 aliphatic rings. The largest absolute Gasteiger partial charge is 0.455 e. The highest BCUT2D eigenvalue weighted by Crippen LogP contribution is 2.46. The van der Waals surface area contributed by atoms with E-state index in [1.54, 1.807) is 0 Å². The van der Waals surface area contributed by atoms with Crippen molar-refractivity contribution in [2.45, 2.75) is 0 Å². The van der Waals surface area contributed by atoms with E-state index < -0.39 is 0 Å². The Bertz CT molecular complexity index is 3140. The lowest BCUT2D eigenvalue weighted by molar-refractivity contribution is 0.677. The van der Waals surface area contributed by atoms with Gasteiger partial charge >= 0.3 is 0 Å². The molecule has 11 rings (SSSR count). The minimum atomic E-state index is 0.959. The fourth-order valence-corrected chi connectivity index (χ4v) is 9.18. The Kier molecular flexibility index (Phi) is 6.16.